The molecule has 2 aliphatic rings. The smallest absolute Gasteiger partial charge is 0.254 e. The number of aryl methyl sites for hydroxylation is 1. The normalized spacial score (nSPS) is 20.5. The number of aromatic hydroxyl groups is 1. The number of fused-ring (bicyclic) bond motifs is 1. The molecule has 2 heterocycles. The summed E-state index contributed by atoms with van der Waals surface area (Å²) in [6.45, 7) is 5.48. The van der Waals surface area contributed by atoms with Crippen LogP contribution in [0.5, 0.6) is 5.75 Å². The Morgan fingerprint density at radius 2 is 1.86 bits per heavy atom. The number of aromatic nitrogens is 1. The number of carbonyl (C=O) groups is 3. The van der Waals surface area contributed by atoms with Crippen LogP contribution in [0.25, 0.3) is 0 Å². The Kier molecular flexibility index (Phi) is 9.08. The second-order valence-electron chi connectivity index (χ2n) is 11.7. The summed E-state index contributed by atoms with van der Waals surface area (Å²) in [6, 6.07) is 15.7. The van der Waals surface area contributed by atoms with Crippen LogP contribution in [0.3, 0.4) is 0 Å². The topological polar surface area (TPSA) is 132 Å². The van der Waals surface area contributed by atoms with Crippen LogP contribution in [0.4, 0.5) is 0 Å². The Labute approximate surface area is 256 Å². The molecule has 0 radical (unpaired) electrons. The Bertz CT molecular complexity index is 1500. The first-order valence-electron chi connectivity index (χ1n) is 14.6. The van der Waals surface area contributed by atoms with Gasteiger partial charge in [0.1, 0.15) is 11.8 Å². The summed E-state index contributed by atoms with van der Waals surface area (Å²) in [6.07, 6.45) is 2.87. The van der Waals surface area contributed by atoms with E-state index in [0.29, 0.717) is 5.56 Å². The number of nitrogens with one attached hydrogen (secondary N) is 2. The lowest BCUT2D eigenvalue weighted by molar-refractivity contribution is -0.147. The Morgan fingerprint density at radius 1 is 1.09 bits per heavy atom. The summed E-state index contributed by atoms with van der Waals surface area (Å²) in [4.78, 5) is 47.1. The number of aliphatic hydroxyl groups is 1. The lowest BCUT2D eigenvalue weighted by Gasteiger charge is -2.35. The maximum atomic E-state index is 14.0. The van der Waals surface area contributed by atoms with Gasteiger partial charge >= 0.3 is 0 Å². The first kappa shape index (κ1) is 30.6. The summed E-state index contributed by atoms with van der Waals surface area (Å²) >= 11 is 1.47. The summed E-state index contributed by atoms with van der Waals surface area (Å²) < 4.78 is -0.608. The molecule has 3 amide bonds. The van der Waals surface area contributed by atoms with Crippen LogP contribution in [0.1, 0.15) is 65.5 Å². The van der Waals surface area contributed by atoms with E-state index in [0.717, 1.165) is 36.1 Å². The third-order valence-electron chi connectivity index (χ3n) is 8.40. The number of pyridine rings is 1. The third kappa shape index (κ3) is 6.55. The molecule has 4 unspecified atom stereocenters. The zero-order valence-corrected chi connectivity index (χ0v) is 25.4. The minimum atomic E-state index is -1.62. The summed E-state index contributed by atoms with van der Waals surface area (Å²) in [5, 5.41) is 27.7. The highest BCUT2D eigenvalue weighted by Crippen LogP contribution is 2.40. The van der Waals surface area contributed by atoms with Gasteiger partial charge in [-0.1, -0.05) is 42.5 Å². The van der Waals surface area contributed by atoms with Crippen molar-refractivity contribution >= 4 is 29.5 Å². The molecule has 1 aliphatic heterocycles. The number of aliphatic hydroxyl groups excluding tert-OH is 1. The molecular formula is C33H38N4O5S. The molecule has 4 atom stereocenters. The monoisotopic (exact) mass is 602 g/mol. The minimum Gasteiger partial charge on any atom is -0.508 e. The van der Waals surface area contributed by atoms with Crippen molar-refractivity contribution in [3.63, 3.8) is 0 Å². The maximum absolute atomic E-state index is 14.0. The molecule has 5 rings (SSSR count). The van der Waals surface area contributed by atoms with E-state index < -0.39 is 34.7 Å². The van der Waals surface area contributed by atoms with Crippen molar-refractivity contribution < 1.29 is 24.6 Å². The van der Waals surface area contributed by atoms with Crippen molar-refractivity contribution in [1.82, 2.24) is 20.5 Å². The number of benzene rings is 2. The van der Waals surface area contributed by atoms with Crippen LogP contribution in [-0.2, 0) is 22.4 Å². The van der Waals surface area contributed by atoms with E-state index in [4.69, 9.17) is 0 Å². The van der Waals surface area contributed by atoms with E-state index in [2.05, 4.69) is 15.6 Å². The standard InChI is InChI=1S/C33H38N4O5S/c1-20-22(12-7-16-27(20)38)30(40)36-26(18-21-10-5-4-6-11-21)28(39)32(42)37-19-43-33(2,3)29(37)31(41)35-25-15-8-14-24-23(25)13-9-17-34-24/h4-7,9-13,16-17,25-26,28-29,38-39H,8,14-15,18-19H2,1-3H3,(H,35,41)(H,36,40). The molecule has 9 nitrogen and oxygen atoms in total. The first-order chi connectivity index (χ1) is 20.6. The zero-order chi connectivity index (χ0) is 30.7. The highest BCUT2D eigenvalue weighted by molar-refractivity contribution is 8.00. The van der Waals surface area contributed by atoms with E-state index in [1.54, 1.807) is 25.3 Å². The second kappa shape index (κ2) is 12.8. The Hall–Kier alpha value is -3.89. The number of thioether (sulfide) groups is 1. The van der Waals surface area contributed by atoms with Crippen molar-refractivity contribution in [2.24, 2.45) is 0 Å². The van der Waals surface area contributed by atoms with Gasteiger partial charge in [0, 0.05) is 27.8 Å². The van der Waals surface area contributed by atoms with E-state index >= 15 is 0 Å². The fraction of sp³-hybridized carbons (Fsp3) is 0.394. The van der Waals surface area contributed by atoms with Gasteiger partial charge in [-0.05, 0) is 75.8 Å². The highest BCUT2D eigenvalue weighted by Gasteiger charge is 2.50. The SMILES string of the molecule is Cc1c(O)cccc1C(=O)NC(Cc1ccccc1)C(O)C(=O)N1CSC(C)(C)C1C(=O)NC1CCCc2ncccc21. The molecule has 1 aromatic heterocycles. The average Bonchev–Trinajstić information content (AvgIpc) is 3.32. The molecular weight excluding hydrogens is 564 g/mol. The molecule has 10 heteroatoms. The zero-order valence-electron chi connectivity index (χ0n) is 24.6. The van der Waals surface area contributed by atoms with Gasteiger partial charge in [-0.25, -0.2) is 0 Å². The molecule has 1 fully saturated rings. The molecule has 1 saturated heterocycles. The van der Waals surface area contributed by atoms with Gasteiger partial charge < -0.3 is 25.7 Å². The molecule has 0 saturated carbocycles. The van der Waals surface area contributed by atoms with Crippen molar-refractivity contribution in [3.05, 3.63) is 94.8 Å². The van der Waals surface area contributed by atoms with Crippen LogP contribution in [-0.4, -0.2) is 66.6 Å². The number of rotatable bonds is 8. The molecule has 226 valence electrons. The summed E-state index contributed by atoms with van der Waals surface area (Å²) in [7, 11) is 0. The van der Waals surface area contributed by atoms with Crippen molar-refractivity contribution in [2.75, 3.05) is 5.88 Å². The summed E-state index contributed by atoms with van der Waals surface area (Å²) in [5.41, 5.74) is 3.44. The molecule has 4 N–H and O–H groups in total. The predicted octanol–water partition coefficient (Wildman–Crippen LogP) is 3.67. The van der Waals surface area contributed by atoms with Crippen LogP contribution < -0.4 is 10.6 Å². The Balaban J connectivity index is 1.38. The van der Waals surface area contributed by atoms with Crippen LogP contribution in [0.2, 0.25) is 0 Å². The van der Waals surface area contributed by atoms with E-state index in [-0.39, 0.29) is 35.6 Å². The van der Waals surface area contributed by atoms with Gasteiger partial charge in [-0.3, -0.25) is 19.4 Å². The van der Waals surface area contributed by atoms with Gasteiger partial charge in [0.15, 0.2) is 6.10 Å². The number of phenols is 1. The lowest BCUT2D eigenvalue weighted by atomic mass is 9.90. The largest absolute Gasteiger partial charge is 0.508 e. The van der Waals surface area contributed by atoms with Gasteiger partial charge in [0.25, 0.3) is 11.8 Å². The molecule has 2 aromatic carbocycles. The molecule has 3 aromatic rings. The van der Waals surface area contributed by atoms with Crippen molar-refractivity contribution in [2.45, 2.75) is 75.4 Å². The number of amides is 3. The number of phenolic OH excluding ortho intramolecular Hbond substituents is 1. The second-order valence-corrected chi connectivity index (χ2v) is 13.3. The fourth-order valence-corrected chi connectivity index (χ4v) is 7.13. The molecule has 0 spiro atoms. The third-order valence-corrected chi connectivity index (χ3v) is 9.77. The Morgan fingerprint density at radius 3 is 2.63 bits per heavy atom. The molecule has 1 aliphatic carbocycles. The minimum absolute atomic E-state index is 0.0227. The van der Waals surface area contributed by atoms with Gasteiger partial charge in [-0.2, -0.15) is 0 Å². The number of carbonyl (C=O) groups excluding carboxylic acids is 3. The maximum Gasteiger partial charge on any atom is 0.254 e. The van der Waals surface area contributed by atoms with E-state index in [1.807, 2.05) is 56.3 Å². The molecule has 43 heavy (non-hydrogen) atoms. The van der Waals surface area contributed by atoms with Crippen molar-refractivity contribution in [1.29, 1.82) is 0 Å². The summed E-state index contributed by atoms with van der Waals surface area (Å²) in [5.74, 6) is -1.22. The van der Waals surface area contributed by atoms with Gasteiger partial charge in [0.2, 0.25) is 5.91 Å². The van der Waals surface area contributed by atoms with Crippen LogP contribution >= 0.6 is 11.8 Å². The molecule has 0 bridgehead atoms. The quantitative estimate of drug-likeness (QED) is 0.309. The van der Waals surface area contributed by atoms with E-state index in [1.165, 1.54) is 22.7 Å². The fourth-order valence-electron chi connectivity index (χ4n) is 5.99. The predicted molar refractivity (Wildman–Crippen MR) is 165 cm³/mol. The van der Waals surface area contributed by atoms with Crippen LogP contribution in [0.15, 0.2) is 66.9 Å². The average molecular weight is 603 g/mol. The highest BCUT2D eigenvalue weighted by atomic mass is 32.2. The number of nitrogens with zero attached hydrogens (tertiary/aromatic N) is 2. The van der Waals surface area contributed by atoms with Crippen molar-refractivity contribution in [3.8, 4) is 5.75 Å². The van der Waals surface area contributed by atoms with E-state index in [9.17, 15) is 24.6 Å². The van der Waals surface area contributed by atoms with Gasteiger partial charge in [0.05, 0.1) is 18.0 Å². The van der Waals surface area contributed by atoms with Crippen LogP contribution in [0, 0.1) is 6.92 Å². The number of hydrogen-bond acceptors (Lipinski definition) is 7. The number of hydrogen-bond donors (Lipinski definition) is 4. The first-order valence-corrected chi connectivity index (χ1v) is 15.6. The lowest BCUT2D eigenvalue weighted by Crippen LogP contribution is -2.59. The van der Waals surface area contributed by atoms with Gasteiger partial charge in [-0.15, -0.1) is 11.8 Å².